The van der Waals surface area contributed by atoms with Crippen LogP contribution in [-0.2, 0) is 0 Å². The molecule has 0 amide bonds. The molecule has 8 heteroatoms. The van der Waals surface area contributed by atoms with Gasteiger partial charge in [-0.3, -0.25) is 4.98 Å². The zero-order valence-corrected chi connectivity index (χ0v) is 14.3. The first-order valence-electron chi connectivity index (χ1n) is 7.38. The monoisotopic (exact) mass is 367 g/mol. The molecule has 1 saturated heterocycles. The molecular weight excluding hydrogens is 352 g/mol. The number of anilines is 1. The smallest absolute Gasteiger partial charge is 0.387 e. The second-order valence-corrected chi connectivity index (χ2v) is 7.72. The average molecular weight is 367 g/mol. The van der Waals surface area contributed by atoms with Crippen LogP contribution < -0.4 is 10.1 Å². The molecule has 2 aromatic rings. The Kier molecular flexibility index (Phi) is 5.63. The van der Waals surface area contributed by atoms with Crippen LogP contribution in [0.4, 0.5) is 14.5 Å². The number of nitriles is 1. The molecule has 3 rings (SSSR count). The van der Waals surface area contributed by atoms with Gasteiger partial charge in [-0.05, 0) is 18.2 Å². The van der Waals surface area contributed by atoms with Gasteiger partial charge in [-0.1, -0.05) is 0 Å². The minimum atomic E-state index is -2.89. The minimum absolute atomic E-state index is 0.0556. The maximum Gasteiger partial charge on any atom is 0.387 e. The molecule has 24 heavy (non-hydrogen) atoms. The van der Waals surface area contributed by atoms with E-state index in [-0.39, 0.29) is 5.75 Å². The van der Waals surface area contributed by atoms with Crippen molar-refractivity contribution < 1.29 is 13.5 Å². The molecule has 1 aromatic heterocycles. The van der Waals surface area contributed by atoms with Gasteiger partial charge in [-0.2, -0.15) is 37.6 Å². The summed E-state index contributed by atoms with van der Waals surface area (Å²) >= 11 is 3.83. The zero-order chi connectivity index (χ0) is 16.9. The highest BCUT2D eigenvalue weighted by atomic mass is 32.2. The number of nitrogens with zero attached hydrogens (tertiary/aromatic N) is 2. The van der Waals surface area contributed by atoms with E-state index in [2.05, 4.69) is 21.1 Å². The van der Waals surface area contributed by atoms with Crippen molar-refractivity contribution in [3.63, 3.8) is 0 Å². The van der Waals surface area contributed by atoms with E-state index >= 15 is 0 Å². The number of ether oxygens (including phenoxy) is 1. The first-order chi connectivity index (χ1) is 11.7. The maximum atomic E-state index is 12.4. The van der Waals surface area contributed by atoms with Crippen LogP contribution in [-0.4, -0.2) is 40.6 Å². The Morgan fingerprint density at radius 2 is 2.29 bits per heavy atom. The van der Waals surface area contributed by atoms with Gasteiger partial charge in [0.1, 0.15) is 11.8 Å². The van der Waals surface area contributed by atoms with Crippen molar-refractivity contribution in [2.45, 2.75) is 11.9 Å². The van der Waals surface area contributed by atoms with Crippen LogP contribution >= 0.6 is 23.5 Å². The Morgan fingerprint density at radius 1 is 1.42 bits per heavy atom. The SMILES string of the molecule is N#Cc1cnc2ccc(OC(F)F)cc2c1NCC1CSCCS1. The van der Waals surface area contributed by atoms with Crippen LogP contribution in [0.2, 0.25) is 0 Å². The van der Waals surface area contributed by atoms with E-state index in [1.807, 2.05) is 23.5 Å². The standard InChI is InChI=1S/C16H15F2N3OS2/c17-16(18)22-11-1-2-14-13(5-11)15(10(6-19)7-20-14)21-8-12-9-23-3-4-24-12/h1-2,5,7,12,16H,3-4,8-9H2,(H,20,21). The lowest BCUT2D eigenvalue weighted by molar-refractivity contribution is -0.0497. The first-order valence-corrected chi connectivity index (χ1v) is 9.58. The van der Waals surface area contributed by atoms with Gasteiger partial charge in [0.05, 0.1) is 16.8 Å². The van der Waals surface area contributed by atoms with Gasteiger partial charge >= 0.3 is 6.61 Å². The molecule has 1 unspecified atom stereocenters. The van der Waals surface area contributed by atoms with Gasteiger partial charge in [-0.15, -0.1) is 0 Å². The third-order valence-electron chi connectivity index (χ3n) is 3.58. The van der Waals surface area contributed by atoms with Crippen LogP contribution in [0.1, 0.15) is 5.56 Å². The summed E-state index contributed by atoms with van der Waals surface area (Å²) in [7, 11) is 0. The Balaban J connectivity index is 1.91. The summed E-state index contributed by atoms with van der Waals surface area (Å²) in [5.41, 5.74) is 1.65. The van der Waals surface area contributed by atoms with E-state index in [0.29, 0.717) is 33.9 Å². The molecule has 0 bridgehead atoms. The Labute approximate surface area is 147 Å². The number of halogens is 2. The molecule has 1 fully saturated rings. The predicted molar refractivity (Wildman–Crippen MR) is 95.2 cm³/mol. The predicted octanol–water partition coefficient (Wildman–Crippen LogP) is 3.97. The molecule has 126 valence electrons. The lowest BCUT2D eigenvalue weighted by Gasteiger charge is -2.22. The Morgan fingerprint density at radius 3 is 3.00 bits per heavy atom. The van der Waals surface area contributed by atoms with Gasteiger partial charge in [0, 0.05) is 40.6 Å². The highest BCUT2D eigenvalue weighted by Gasteiger charge is 2.16. The van der Waals surface area contributed by atoms with E-state index in [1.165, 1.54) is 18.3 Å². The summed E-state index contributed by atoms with van der Waals surface area (Å²) < 4.78 is 29.4. The number of benzene rings is 1. The van der Waals surface area contributed by atoms with Gasteiger partial charge in [-0.25, -0.2) is 0 Å². The average Bonchev–Trinajstić information content (AvgIpc) is 2.60. The number of nitrogens with one attached hydrogen (secondary N) is 1. The summed E-state index contributed by atoms with van der Waals surface area (Å²) in [4.78, 5) is 4.21. The lowest BCUT2D eigenvalue weighted by Crippen LogP contribution is -2.23. The van der Waals surface area contributed by atoms with Crippen molar-refractivity contribution in [3.05, 3.63) is 30.0 Å². The van der Waals surface area contributed by atoms with Crippen molar-refractivity contribution in [2.75, 3.05) is 29.1 Å². The third-order valence-corrected chi connectivity index (χ3v) is 6.42. The molecule has 0 radical (unpaired) electrons. The molecule has 0 saturated carbocycles. The van der Waals surface area contributed by atoms with Gasteiger partial charge in [0.2, 0.25) is 0 Å². The zero-order valence-electron chi connectivity index (χ0n) is 12.7. The molecule has 1 N–H and O–H groups in total. The molecule has 1 aliphatic rings. The van der Waals surface area contributed by atoms with Gasteiger partial charge in [0.15, 0.2) is 0 Å². The number of fused-ring (bicyclic) bond motifs is 1. The van der Waals surface area contributed by atoms with Gasteiger partial charge in [0.25, 0.3) is 0 Å². The largest absolute Gasteiger partial charge is 0.435 e. The second kappa shape index (κ2) is 7.90. The fraction of sp³-hybridized carbons (Fsp3) is 0.375. The van der Waals surface area contributed by atoms with Crippen molar-refractivity contribution in [1.82, 2.24) is 4.98 Å². The number of hydrogen-bond donors (Lipinski definition) is 1. The van der Waals surface area contributed by atoms with Crippen LogP contribution in [0, 0.1) is 11.3 Å². The number of rotatable bonds is 5. The Bertz CT molecular complexity index is 761. The number of hydrogen-bond acceptors (Lipinski definition) is 6. The number of pyridine rings is 1. The van der Waals surface area contributed by atoms with E-state index in [4.69, 9.17) is 0 Å². The second-order valence-electron chi connectivity index (χ2n) is 5.16. The fourth-order valence-electron chi connectivity index (χ4n) is 2.49. The molecule has 4 nitrogen and oxygen atoms in total. The Hall–Kier alpha value is -1.72. The lowest BCUT2D eigenvalue weighted by atomic mass is 10.1. The summed E-state index contributed by atoms with van der Waals surface area (Å²) in [5.74, 6) is 3.39. The minimum Gasteiger partial charge on any atom is -0.435 e. The van der Waals surface area contributed by atoms with Crippen molar-refractivity contribution >= 4 is 40.1 Å². The number of alkyl halides is 2. The van der Waals surface area contributed by atoms with E-state index < -0.39 is 6.61 Å². The highest BCUT2D eigenvalue weighted by molar-refractivity contribution is 8.06. The van der Waals surface area contributed by atoms with E-state index in [0.717, 1.165) is 17.3 Å². The quantitative estimate of drug-likeness (QED) is 0.863. The summed E-state index contributed by atoms with van der Waals surface area (Å²) in [6, 6.07) is 6.68. The molecule has 1 aliphatic heterocycles. The van der Waals surface area contributed by atoms with Crippen LogP contribution in [0.5, 0.6) is 5.75 Å². The topological polar surface area (TPSA) is 57.9 Å². The van der Waals surface area contributed by atoms with Crippen molar-refractivity contribution in [3.8, 4) is 11.8 Å². The van der Waals surface area contributed by atoms with Crippen molar-refractivity contribution in [1.29, 1.82) is 5.26 Å². The third kappa shape index (κ3) is 4.02. The summed E-state index contributed by atoms with van der Waals surface area (Å²) in [6.07, 6.45) is 1.50. The normalized spacial score (nSPS) is 17.7. The summed E-state index contributed by atoms with van der Waals surface area (Å²) in [6.45, 7) is -2.17. The molecule has 1 atom stereocenters. The molecule has 0 aliphatic carbocycles. The van der Waals surface area contributed by atoms with Crippen LogP contribution in [0.15, 0.2) is 24.4 Å². The summed E-state index contributed by atoms with van der Waals surface area (Å²) in [5, 5.41) is 13.7. The number of thioether (sulfide) groups is 2. The number of aromatic nitrogens is 1. The van der Waals surface area contributed by atoms with Crippen LogP contribution in [0.3, 0.4) is 0 Å². The first kappa shape index (κ1) is 17.1. The van der Waals surface area contributed by atoms with Crippen LogP contribution in [0.25, 0.3) is 10.9 Å². The molecule has 0 spiro atoms. The molecule has 1 aromatic carbocycles. The van der Waals surface area contributed by atoms with E-state index in [1.54, 1.807) is 6.07 Å². The van der Waals surface area contributed by atoms with E-state index in [9.17, 15) is 14.0 Å². The highest BCUT2D eigenvalue weighted by Crippen LogP contribution is 2.31. The molecular formula is C16H15F2N3OS2. The molecule has 2 heterocycles. The van der Waals surface area contributed by atoms with Crippen molar-refractivity contribution in [2.24, 2.45) is 0 Å². The maximum absolute atomic E-state index is 12.4. The van der Waals surface area contributed by atoms with Gasteiger partial charge < -0.3 is 10.1 Å². The fourth-order valence-corrected chi connectivity index (χ4v) is 5.11.